The number of hydrogen-bond donors (Lipinski definition) is 2. The van der Waals surface area contributed by atoms with Crippen LogP contribution < -0.4 is 15.8 Å². The Hall–Kier alpha value is -2.24. The first-order valence-corrected chi connectivity index (χ1v) is 5.41. The van der Waals surface area contributed by atoms with Crippen molar-refractivity contribution in [3.05, 3.63) is 17.7 Å². The first-order valence-electron chi connectivity index (χ1n) is 5.41. The molecule has 0 bridgehead atoms. The number of carbonyl (C=O) groups is 2. The Balaban J connectivity index is 3.25. The second-order valence-corrected chi connectivity index (χ2v) is 3.54. The summed E-state index contributed by atoms with van der Waals surface area (Å²) in [6.45, 7) is 3.59. The molecule has 6 heteroatoms. The Labute approximate surface area is 105 Å². The lowest BCUT2D eigenvalue weighted by Crippen LogP contribution is -2.12. The fourth-order valence-electron chi connectivity index (χ4n) is 1.44. The van der Waals surface area contributed by atoms with E-state index in [-0.39, 0.29) is 17.2 Å². The van der Waals surface area contributed by atoms with Crippen molar-refractivity contribution in [1.82, 2.24) is 0 Å². The quantitative estimate of drug-likeness (QED) is 0.624. The molecule has 98 valence electrons. The topological polar surface area (TPSA) is 90.7 Å². The van der Waals surface area contributed by atoms with Gasteiger partial charge in [0.25, 0.3) is 0 Å². The van der Waals surface area contributed by atoms with E-state index in [0.29, 0.717) is 18.0 Å². The van der Waals surface area contributed by atoms with Crippen LogP contribution in [-0.4, -0.2) is 25.6 Å². The van der Waals surface area contributed by atoms with Gasteiger partial charge < -0.3 is 20.5 Å². The Kier molecular flexibility index (Phi) is 4.53. The lowest BCUT2D eigenvalue weighted by Gasteiger charge is -2.13. The van der Waals surface area contributed by atoms with Crippen molar-refractivity contribution < 1.29 is 19.1 Å². The number of nitrogens with two attached hydrogens (primary N) is 1. The fraction of sp³-hybridized carbons (Fsp3) is 0.333. The van der Waals surface area contributed by atoms with E-state index in [2.05, 4.69) is 10.1 Å². The molecule has 0 radical (unpaired) electrons. The van der Waals surface area contributed by atoms with Crippen LogP contribution >= 0.6 is 0 Å². The van der Waals surface area contributed by atoms with Crippen molar-refractivity contribution in [2.75, 3.05) is 24.8 Å². The van der Waals surface area contributed by atoms with E-state index < -0.39 is 5.97 Å². The van der Waals surface area contributed by atoms with Gasteiger partial charge in [-0.3, -0.25) is 4.79 Å². The number of benzene rings is 1. The lowest BCUT2D eigenvalue weighted by molar-refractivity contribution is -0.114. The van der Waals surface area contributed by atoms with E-state index in [1.54, 1.807) is 0 Å². The molecule has 0 heterocycles. The predicted molar refractivity (Wildman–Crippen MR) is 67.7 cm³/mol. The number of hydrogen-bond acceptors (Lipinski definition) is 5. The highest BCUT2D eigenvalue weighted by molar-refractivity contribution is 5.99. The summed E-state index contributed by atoms with van der Waals surface area (Å²) < 4.78 is 9.94. The Morgan fingerprint density at radius 3 is 2.56 bits per heavy atom. The van der Waals surface area contributed by atoms with Gasteiger partial charge in [0.05, 0.1) is 25.0 Å². The number of amides is 1. The van der Waals surface area contributed by atoms with Gasteiger partial charge in [0.15, 0.2) is 0 Å². The van der Waals surface area contributed by atoms with E-state index in [1.165, 1.54) is 26.2 Å². The van der Waals surface area contributed by atoms with Gasteiger partial charge in [-0.25, -0.2) is 4.79 Å². The molecule has 0 saturated heterocycles. The van der Waals surface area contributed by atoms with Crippen LogP contribution in [0.5, 0.6) is 5.75 Å². The zero-order chi connectivity index (χ0) is 13.7. The number of methoxy groups -OCH3 is 1. The molecule has 1 aromatic rings. The van der Waals surface area contributed by atoms with Crippen molar-refractivity contribution in [1.29, 1.82) is 0 Å². The van der Waals surface area contributed by atoms with E-state index >= 15 is 0 Å². The standard InChI is InChI=1S/C12H16N2O4/c1-4-18-11-6-9(13)8(12(16)17-3)5-10(11)14-7(2)15/h5-6H,4,13H2,1-3H3,(H,14,15). The molecule has 1 amide bonds. The number of carbonyl (C=O) groups excluding carboxylic acids is 2. The number of ether oxygens (including phenoxy) is 2. The maximum absolute atomic E-state index is 11.5. The Morgan fingerprint density at radius 2 is 2.06 bits per heavy atom. The van der Waals surface area contributed by atoms with Crippen LogP contribution in [0, 0.1) is 0 Å². The van der Waals surface area contributed by atoms with Crippen LogP contribution in [0.3, 0.4) is 0 Å². The van der Waals surface area contributed by atoms with Gasteiger partial charge in [-0.05, 0) is 13.0 Å². The summed E-state index contributed by atoms with van der Waals surface area (Å²) >= 11 is 0. The molecule has 0 unspecified atom stereocenters. The molecule has 0 aliphatic rings. The summed E-state index contributed by atoms with van der Waals surface area (Å²) in [7, 11) is 1.26. The molecule has 18 heavy (non-hydrogen) atoms. The number of nitrogens with one attached hydrogen (secondary N) is 1. The van der Waals surface area contributed by atoms with Gasteiger partial charge in [-0.2, -0.15) is 0 Å². The largest absolute Gasteiger partial charge is 0.492 e. The second-order valence-electron chi connectivity index (χ2n) is 3.54. The third-order valence-electron chi connectivity index (χ3n) is 2.17. The molecule has 3 N–H and O–H groups in total. The van der Waals surface area contributed by atoms with E-state index in [1.807, 2.05) is 6.92 Å². The highest BCUT2D eigenvalue weighted by Crippen LogP contribution is 2.30. The van der Waals surface area contributed by atoms with Crippen molar-refractivity contribution in [3.63, 3.8) is 0 Å². The van der Waals surface area contributed by atoms with Crippen LogP contribution in [0.2, 0.25) is 0 Å². The first-order chi connectivity index (χ1) is 8.49. The van der Waals surface area contributed by atoms with Gasteiger partial charge in [0.2, 0.25) is 5.91 Å². The van der Waals surface area contributed by atoms with Crippen molar-refractivity contribution in [2.24, 2.45) is 0 Å². The maximum Gasteiger partial charge on any atom is 0.340 e. The van der Waals surface area contributed by atoms with Gasteiger partial charge in [-0.1, -0.05) is 0 Å². The number of rotatable bonds is 4. The molecular formula is C12H16N2O4. The summed E-state index contributed by atoms with van der Waals surface area (Å²) in [5.41, 5.74) is 6.54. The molecule has 0 spiro atoms. The van der Waals surface area contributed by atoms with Crippen LogP contribution in [0.25, 0.3) is 0 Å². The highest BCUT2D eigenvalue weighted by Gasteiger charge is 2.15. The summed E-state index contributed by atoms with van der Waals surface area (Å²) in [4.78, 5) is 22.6. The first kappa shape index (κ1) is 13.8. The smallest absolute Gasteiger partial charge is 0.340 e. The van der Waals surface area contributed by atoms with Gasteiger partial charge >= 0.3 is 5.97 Å². The van der Waals surface area contributed by atoms with Crippen molar-refractivity contribution in [3.8, 4) is 5.75 Å². The Bertz CT molecular complexity index is 471. The molecular weight excluding hydrogens is 236 g/mol. The minimum Gasteiger partial charge on any atom is -0.492 e. The van der Waals surface area contributed by atoms with E-state index in [4.69, 9.17) is 10.5 Å². The monoisotopic (exact) mass is 252 g/mol. The molecule has 1 rings (SSSR count). The van der Waals surface area contributed by atoms with Gasteiger partial charge in [0.1, 0.15) is 5.75 Å². The van der Waals surface area contributed by atoms with Crippen LogP contribution in [0.15, 0.2) is 12.1 Å². The minimum atomic E-state index is -0.567. The molecule has 0 fully saturated rings. The number of anilines is 2. The summed E-state index contributed by atoms with van der Waals surface area (Å²) in [6.07, 6.45) is 0. The van der Waals surface area contributed by atoms with E-state index in [9.17, 15) is 9.59 Å². The van der Waals surface area contributed by atoms with Crippen molar-refractivity contribution >= 4 is 23.3 Å². The molecule has 0 atom stereocenters. The average molecular weight is 252 g/mol. The minimum absolute atomic E-state index is 0.185. The van der Waals surface area contributed by atoms with Crippen LogP contribution in [0.1, 0.15) is 24.2 Å². The lowest BCUT2D eigenvalue weighted by atomic mass is 10.1. The van der Waals surface area contributed by atoms with Crippen LogP contribution in [-0.2, 0) is 9.53 Å². The molecule has 0 aliphatic heterocycles. The molecule has 0 saturated carbocycles. The molecule has 0 aliphatic carbocycles. The number of nitrogen functional groups attached to an aromatic ring is 1. The fourth-order valence-corrected chi connectivity index (χ4v) is 1.44. The van der Waals surface area contributed by atoms with Crippen molar-refractivity contribution in [2.45, 2.75) is 13.8 Å². The van der Waals surface area contributed by atoms with Crippen LogP contribution in [0.4, 0.5) is 11.4 Å². The summed E-state index contributed by atoms with van der Waals surface area (Å²) in [5.74, 6) is -0.420. The average Bonchev–Trinajstić information content (AvgIpc) is 2.31. The van der Waals surface area contributed by atoms with E-state index in [0.717, 1.165) is 0 Å². The molecule has 1 aromatic carbocycles. The van der Waals surface area contributed by atoms with Gasteiger partial charge in [-0.15, -0.1) is 0 Å². The molecule has 0 aromatic heterocycles. The third-order valence-corrected chi connectivity index (χ3v) is 2.17. The normalized spacial score (nSPS) is 9.72. The summed E-state index contributed by atoms with van der Waals surface area (Å²) in [5, 5.41) is 2.58. The zero-order valence-electron chi connectivity index (χ0n) is 10.6. The third kappa shape index (κ3) is 3.13. The predicted octanol–water partition coefficient (Wildman–Crippen LogP) is 1.41. The molecule has 6 nitrogen and oxygen atoms in total. The zero-order valence-corrected chi connectivity index (χ0v) is 10.6. The summed E-state index contributed by atoms with van der Waals surface area (Å²) in [6, 6.07) is 2.93. The maximum atomic E-state index is 11.5. The Morgan fingerprint density at radius 1 is 1.39 bits per heavy atom. The second kappa shape index (κ2) is 5.90. The SMILES string of the molecule is CCOc1cc(N)c(C(=O)OC)cc1NC(C)=O. The highest BCUT2D eigenvalue weighted by atomic mass is 16.5. The number of esters is 1. The van der Waals surface area contributed by atoms with Gasteiger partial charge in [0, 0.05) is 18.7 Å².